The van der Waals surface area contributed by atoms with Crippen LogP contribution in [0.3, 0.4) is 0 Å². The second kappa shape index (κ2) is 7.28. The Morgan fingerprint density at radius 1 is 0.931 bits per heavy atom. The van der Waals surface area contributed by atoms with Crippen LogP contribution in [-0.4, -0.2) is 13.0 Å². The van der Waals surface area contributed by atoms with Crippen LogP contribution < -0.4 is 10.2 Å². The highest BCUT2D eigenvalue weighted by molar-refractivity contribution is 5.98. The van der Waals surface area contributed by atoms with Gasteiger partial charge in [-0.15, -0.1) is 0 Å². The van der Waals surface area contributed by atoms with Crippen LogP contribution in [0, 0.1) is 0 Å². The van der Waals surface area contributed by atoms with Crippen molar-refractivity contribution in [2.24, 2.45) is 0 Å². The van der Waals surface area contributed by atoms with Crippen molar-refractivity contribution >= 4 is 23.0 Å². The minimum absolute atomic E-state index is 0.228. The van der Waals surface area contributed by atoms with Gasteiger partial charge in [0.2, 0.25) is 5.91 Å². The molecule has 0 radical (unpaired) electrons. The first kappa shape index (κ1) is 19.1. The molecule has 0 aliphatic carbocycles. The van der Waals surface area contributed by atoms with E-state index in [0.717, 1.165) is 28.6 Å². The zero-order chi connectivity index (χ0) is 20.6. The highest BCUT2D eigenvalue weighted by Crippen LogP contribution is 2.41. The molecule has 29 heavy (non-hydrogen) atoms. The van der Waals surface area contributed by atoms with E-state index in [1.165, 1.54) is 18.2 Å². The van der Waals surface area contributed by atoms with Gasteiger partial charge < -0.3 is 10.2 Å². The van der Waals surface area contributed by atoms with E-state index in [1.54, 1.807) is 0 Å². The molecule has 0 saturated heterocycles. The van der Waals surface area contributed by atoms with E-state index < -0.39 is 23.6 Å². The number of nitrogens with one attached hydrogen (secondary N) is 1. The Morgan fingerprint density at radius 3 is 2.31 bits per heavy atom. The monoisotopic (exact) mass is 396 g/mol. The highest BCUT2D eigenvalue weighted by Gasteiger charge is 2.35. The lowest BCUT2D eigenvalue weighted by Crippen LogP contribution is -2.24. The van der Waals surface area contributed by atoms with Crippen molar-refractivity contribution in [3.8, 4) is 0 Å². The molecule has 0 saturated carbocycles. The molecule has 0 fully saturated rings. The average Bonchev–Trinajstić information content (AvgIpc) is 2.83. The molecule has 0 bridgehead atoms. The fraction of sp³-hybridized carbons (Fsp3) is 0.174. The molecule has 3 nitrogen and oxygen atoms in total. The molecule has 1 aliphatic rings. The Bertz CT molecular complexity index is 1060. The Morgan fingerprint density at radius 2 is 1.55 bits per heavy atom. The maximum atomic E-state index is 13.3. The fourth-order valence-corrected chi connectivity index (χ4v) is 3.85. The van der Waals surface area contributed by atoms with Crippen molar-refractivity contribution in [2.75, 3.05) is 17.3 Å². The molecule has 1 amide bonds. The SMILES string of the molecule is CN1c2ccccc2CC(C(=O)Nc2ccccc2C(F)(F)F)c2ccccc21. The first-order valence-electron chi connectivity index (χ1n) is 9.24. The summed E-state index contributed by atoms with van der Waals surface area (Å²) in [4.78, 5) is 15.2. The van der Waals surface area contributed by atoms with Crippen LogP contribution in [-0.2, 0) is 17.4 Å². The van der Waals surface area contributed by atoms with E-state index in [0.29, 0.717) is 6.42 Å². The topological polar surface area (TPSA) is 32.3 Å². The fourth-order valence-electron chi connectivity index (χ4n) is 3.85. The van der Waals surface area contributed by atoms with Gasteiger partial charge in [-0.25, -0.2) is 0 Å². The summed E-state index contributed by atoms with van der Waals surface area (Å²) in [7, 11) is 1.93. The van der Waals surface area contributed by atoms with Crippen LogP contribution in [0.25, 0.3) is 0 Å². The van der Waals surface area contributed by atoms with Gasteiger partial charge in [-0.3, -0.25) is 4.79 Å². The number of hydrogen-bond acceptors (Lipinski definition) is 2. The van der Waals surface area contributed by atoms with Crippen molar-refractivity contribution in [1.82, 2.24) is 0 Å². The summed E-state index contributed by atoms with van der Waals surface area (Å²) >= 11 is 0. The number of hydrogen-bond donors (Lipinski definition) is 1. The molecule has 4 rings (SSSR count). The van der Waals surface area contributed by atoms with Gasteiger partial charge in [0.1, 0.15) is 0 Å². The number of rotatable bonds is 2. The molecule has 3 aromatic carbocycles. The van der Waals surface area contributed by atoms with Crippen LogP contribution in [0.2, 0.25) is 0 Å². The molecule has 1 N–H and O–H groups in total. The maximum Gasteiger partial charge on any atom is 0.418 e. The summed E-state index contributed by atoms with van der Waals surface area (Å²) in [6.07, 6.45) is -4.14. The number of benzene rings is 3. The van der Waals surface area contributed by atoms with Crippen LogP contribution in [0.1, 0.15) is 22.6 Å². The number of carbonyl (C=O) groups excluding carboxylic acids is 1. The predicted octanol–water partition coefficient (Wildman–Crippen LogP) is 5.75. The minimum atomic E-state index is -4.54. The number of halogens is 3. The molecule has 0 spiro atoms. The summed E-state index contributed by atoms with van der Waals surface area (Å²) < 4.78 is 40.0. The van der Waals surface area contributed by atoms with Gasteiger partial charge >= 0.3 is 6.18 Å². The molecule has 148 valence electrons. The van der Waals surface area contributed by atoms with E-state index in [4.69, 9.17) is 0 Å². The number of nitrogens with zero attached hydrogens (tertiary/aromatic N) is 1. The molecule has 3 aromatic rings. The first-order chi connectivity index (χ1) is 13.9. The van der Waals surface area contributed by atoms with E-state index in [-0.39, 0.29) is 5.69 Å². The summed E-state index contributed by atoms with van der Waals surface area (Å²) in [5.74, 6) is -1.07. The van der Waals surface area contributed by atoms with Gasteiger partial charge in [-0.2, -0.15) is 13.2 Å². The third kappa shape index (κ3) is 3.58. The third-order valence-electron chi connectivity index (χ3n) is 5.26. The molecule has 1 heterocycles. The van der Waals surface area contributed by atoms with Gasteiger partial charge in [0, 0.05) is 18.4 Å². The van der Waals surface area contributed by atoms with Crippen molar-refractivity contribution < 1.29 is 18.0 Å². The molecule has 1 aliphatic heterocycles. The standard InChI is InChI=1S/C23H19F3N2O/c1-28-20-12-6-2-8-15(20)14-17(16-9-3-7-13-21(16)28)22(29)27-19-11-5-4-10-18(19)23(24,25)26/h2-13,17H,14H2,1H3,(H,27,29). The lowest BCUT2D eigenvalue weighted by Gasteiger charge is -2.22. The highest BCUT2D eigenvalue weighted by atomic mass is 19.4. The quantitative estimate of drug-likeness (QED) is 0.598. The van der Waals surface area contributed by atoms with Gasteiger partial charge in [0.25, 0.3) is 0 Å². The number of anilines is 3. The van der Waals surface area contributed by atoms with Crippen LogP contribution in [0.15, 0.2) is 72.8 Å². The smallest absolute Gasteiger partial charge is 0.344 e. The van der Waals surface area contributed by atoms with Crippen LogP contribution in [0.5, 0.6) is 0 Å². The maximum absolute atomic E-state index is 13.3. The van der Waals surface area contributed by atoms with Crippen molar-refractivity contribution in [1.29, 1.82) is 0 Å². The Hall–Kier alpha value is -3.28. The summed E-state index contributed by atoms with van der Waals surface area (Å²) in [5.41, 5.74) is 2.51. The largest absolute Gasteiger partial charge is 0.418 e. The normalized spacial score (nSPS) is 15.9. The first-order valence-corrected chi connectivity index (χ1v) is 9.24. The molecular weight excluding hydrogens is 377 g/mol. The second-order valence-corrected chi connectivity index (χ2v) is 7.04. The zero-order valence-corrected chi connectivity index (χ0v) is 15.7. The second-order valence-electron chi connectivity index (χ2n) is 7.04. The van der Waals surface area contributed by atoms with Gasteiger partial charge in [0.15, 0.2) is 0 Å². The van der Waals surface area contributed by atoms with Gasteiger partial charge in [-0.05, 0) is 41.8 Å². The molecule has 0 aromatic heterocycles. The van der Waals surface area contributed by atoms with E-state index >= 15 is 0 Å². The predicted molar refractivity (Wildman–Crippen MR) is 107 cm³/mol. The van der Waals surface area contributed by atoms with Gasteiger partial charge in [0.05, 0.1) is 17.2 Å². The Balaban J connectivity index is 1.75. The van der Waals surface area contributed by atoms with E-state index in [1.807, 2.05) is 60.5 Å². The van der Waals surface area contributed by atoms with Crippen molar-refractivity contribution in [2.45, 2.75) is 18.5 Å². The van der Waals surface area contributed by atoms with E-state index in [2.05, 4.69) is 5.32 Å². The van der Waals surface area contributed by atoms with Crippen molar-refractivity contribution in [3.05, 3.63) is 89.5 Å². The third-order valence-corrected chi connectivity index (χ3v) is 5.26. The van der Waals surface area contributed by atoms with Crippen molar-refractivity contribution in [3.63, 3.8) is 0 Å². The number of para-hydroxylation sites is 3. The molecular formula is C23H19F3N2O. The minimum Gasteiger partial charge on any atom is -0.344 e. The number of amides is 1. The number of alkyl halides is 3. The van der Waals surface area contributed by atoms with Crippen LogP contribution >= 0.6 is 0 Å². The zero-order valence-electron chi connectivity index (χ0n) is 15.7. The molecule has 6 heteroatoms. The summed E-state index contributed by atoms with van der Waals surface area (Å²) in [6, 6.07) is 20.3. The number of fused-ring (bicyclic) bond motifs is 2. The van der Waals surface area contributed by atoms with Crippen LogP contribution in [0.4, 0.5) is 30.2 Å². The summed E-state index contributed by atoms with van der Waals surface area (Å²) in [6.45, 7) is 0. The Kier molecular flexibility index (Phi) is 4.78. The Labute approximate surface area is 166 Å². The number of carbonyl (C=O) groups is 1. The summed E-state index contributed by atoms with van der Waals surface area (Å²) in [5, 5.41) is 2.52. The average molecular weight is 396 g/mol. The molecule has 1 atom stereocenters. The van der Waals surface area contributed by atoms with E-state index in [9.17, 15) is 18.0 Å². The van der Waals surface area contributed by atoms with Gasteiger partial charge in [-0.1, -0.05) is 48.5 Å². The lowest BCUT2D eigenvalue weighted by molar-refractivity contribution is -0.137. The molecule has 1 unspecified atom stereocenters. The lowest BCUT2D eigenvalue weighted by atomic mass is 9.91.